The summed E-state index contributed by atoms with van der Waals surface area (Å²) in [6.45, 7) is 1.51. The number of halogens is 1. The number of ether oxygens (including phenoxy) is 1. The van der Waals surface area contributed by atoms with E-state index >= 15 is 0 Å². The summed E-state index contributed by atoms with van der Waals surface area (Å²) in [4.78, 5) is 25.4. The van der Waals surface area contributed by atoms with Gasteiger partial charge in [-0.15, -0.1) is 0 Å². The second kappa shape index (κ2) is 8.21. The number of carbonyl (C=O) groups excluding carboxylic acids is 1. The molecule has 4 aromatic rings. The molecule has 1 aromatic heterocycles. The van der Waals surface area contributed by atoms with Gasteiger partial charge in [0.05, 0.1) is 5.39 Å². The summed E-state index contributed by atoms with van der Waals surface area (Å²) in [5.74, 6) is -0.662. The molecule has 1 N–H and O–H groups in total. The monoisotopic (exact) mass is 403 g/mol. The van der Waals surface area contributed by atoms with E-state index < -0.39 is 18.3 Å². The van der Waals surface area contributed by atoms with Crippen molar-refractivity contribution < 1.29 is 18.3 Å². The third-order valence-electron chi connectivity index (χ3n) is 4.52. The van der Waals surface area contributed by atoms with Crippen LogP contribution in [-0.4, -0.2) is 12.5 Å². The fourth-order valence-electron chi connectivity index (χ4n) is 3.06. The number of fused-ring (bicyclic) bond motifs is 1. The Hall–Kier alpha value is -3.93. The normalized spacial score (nSPS) is 10.7. The third kappa shape index (κ3) is 4.07. The van der Waals surface area contributed by atoms with Crippen LogP contribution in [-0.2, 0) is 4.79 Å². The number of nitrogens with one attached hydrogen (secondary N) is 1. The van der Waals surface area contributed by atoms with Crippen molar-refractivity contribution in [3.63, 3.8) is 0 Å². The Morgan fingerprint density at radius 2 is 1.77 bits per heavy atom. The maximum absolute atomic E-state index is 13.1. The maximum Gasteiger partial charge on any atom is 0.262 e. The molecule has 0 fully saturated rings. The van der Waals surface area contributed by atoms with Crippen LogP contribution in [0.2, 0.25) is 0 Å². The van der Waals surface area contributed by atoms with Crippen LogP contribution in [0.15, 0.2) is 82.0 Å². The fourth-order valence-corrected chi connectivity index (χ4v) is 3.06. The second-order valence-corrected chi connectivity index (χ2v) is 6.80. The van der Waals surface area contributed by atoms with Gasteiger partial charge in [-0.3, -0.25) is 9.59 Å². The van der Waals surface area contributed by atoms with Crippen LogP contribution >= 0.6 is 0 Å². The molecule has 1 amide bonds. The fraction of sp³-hybridized carbons (Fsp3) is 0.0833. The summed E-state index contributed by atoms with van der Waals surface area (Å²) in [6, 6.07) is 19.7. The molecule has 0 unspecified atom stereocenters. The molecule has 0 radical (unpaired) electrons. The number of amides is 1. The zero-order valence-electron chi connectivity index (χ0n) is 16.1. The van der Waals surface area contributed by atoms with Crippen molar-refractivity contribution in [1.82, 2.24) is 0 Å². The summed E-state index contributed by atoms with van der Waals surface area (Å²) in [6.07, 6.45) is 0. The van der Waals surface area contributed by atoms with Crippen LogP contribution in [0.1, 0.15) is 5.56 Å². The van der Waals surface area contributed by atoms with Crippen LogP contribution in [0, 0.1) is 12.7 Å². The van der Waals surface area contributed by atoms with Crippen molar-refractivity contribution in [1.29, 1.82) is 0 Å². The second-order valence-electron chi connectivity index (χ2n) is 6.80. The van der Waals surface area contributed by atoms with Gasteiger partial charge in [0.1, 0.15) is 11.4 Å². The third-order valence-corrected chi connectivity index (χ3v) is 4.52. The molecule has 3 aromatic carbocycles. The number of carbonyl (C=O) groups is 1. The van der Waals surface area contributed by atoms with Crippen molar-refractivity contribution >= 4 is 22.6 Å². The van der Waals surface area contributed by atoms with Crippen LogP contribution < -0.4 is 15.5 Å². The number of aryl methyl sites for hydroxylation is 1. The Morgan fingerprint density at radius 3 is 2.50 bits per heavy atom. The average Bonchev–Trinajstić information content (AvgIpc) is 2.75. The Labute approximate surface area is 171 Å². The highest BCUT2D eigenvalue weighted by Crippen LogP contribution is 2.31. The SMILES string of the molecule is Cc1ccc2c(=O)c(OCC(=O)Nc3ccc(F)cc3)c(-c3ccccc3)oc2c1. The van der Waals surface area contributed by atoms with E-state index in [1.54, 1.807) is 24.3 Å². The molecule has 0 aliphatic heterocycles. The summed E-state index contributed by atoms with van der Waals surface area (Å²) in [5.41, 5.74) is 2.13. The summed E-state index contributed by atoms with van der Waals surface area (Å²) in [5, 5.41) is 2.97. The van der Waals surface area contributed by atoms with E-state index in [4.69, 9.17) is 9.15 Å². The van der Waals surface area contributed by atoms with Gasteiger partial charge in [-0.05, 0) is 48.9 Å². The first-order valence-corrected chi connectivity index (χ1v) is 9.32. The van der Waals surface area contributed by atoms with Crippen molar-refractivity contribution in [2.24, 2.45) is 0 Å². The number of hydrogen-bond acceptors (Lipinski definition) is 4. The molecular formula is C24H18FNO4. The molecule has 150 valence electrons. The Balaban J connectivity index is 1.67. The minimum Gasteiger partial charge on any atom is -0.476 e. The minimum atomic E-state index is -0.482. The highest BCUT2D eigenvalue weighted by atomic mass is 19.1. The Bertz CT molecular complexity index is 1260. The van der Waals surface area contributed by atoms with E-state index in [1.165, 1.54) is 24.3 Å². The van der Waals surface area contributed by atoms with Crippen molar-refractivity contribution in [2.75, 3.05) is 11.9 Å². The van der Waals surface area contributed by atoms with Crippen LogP contribution in [0.25, 0.3) is 22.3 Å². The lowest BCUT2D eigenvalue weighted by molar-refractivity contribution is -0.118. The summed E-state index contributed by atoms with van der Waals surface area (Å²) in [7, 11) is 0. The van der Waals surface area contributed by atoms with Gasteiger partial charge in [0.25, 0.3) is 5.91 Å². The molecule has 1 heterocycles. The standard InChI is InChI=1S/C24H18FNO4/c1-15-7-12-19-20(13-15)30-23(16-5-3-2-4-6-16)24(22(19)28)29-14-21(27)26-18-10-8-17(25)9-11-18/h2-13H,14H2,1H3,(H,26,27). The first kappa shape index (κ1) is 19.4. The van der Waals surface area contributed by atoms with Crippen molar-refractivity contribution in [3.05, 3.63) is 94.4 Å². The first-order valence-electron chi connectivity index (χ1n) is 9.32. The molecule has 0 saturated heterocycles. The molecule has 5 nitrogen and oxygen atoms in total. The van der Waals surface area contributed by atoms with Crippen LogP contribution in [0.3, 0.4) is 0 Å². The van der Waals surface area contributed by atoms with Gasteiger partial charge in [0, 0.05) is 11.3 Å². The molecule has 4 rings (SSSR count). The molecule has 30 heavy (non-hydrogen) atoms. The highest BCUT2D eigenvalue weighted by molar-refractivity contribution is 5.92. The molecule has 6 heteroatoms. The van der Waals surface area contributed by atoms with Gasteiger partial charge in [-0.2, -0.15) is 0 Å². The largest absolute Gasteiger partial charge is 0.476 e. The van der Waals surface area contributed by atoms with Crippen LogP contribution in [0.4, 0.5) is 10.1 Å². The summed E-state index contributed by atoms with van der Waals surface area (Å²) < 4.78 is 24.6. The Morgan fingerprint density at radius 1 is 1.03 bits per heavy atom. The van der Waals surface area contributed by atoms with E-state index in [-0.39, 0.29) is 16.9 Å². The van der Waals surface area contributed by atoms with E-state index in [1.807, 2.05) is 31.2 Å². The van der Waals surface area contributed by atoms with Gasteiger partial charge >= 0.3 is 0 Å². The lowest BCUT2D eigenvalue weighted by atomic mass is 10.1. The van der Waals surface area contributed by atoms with Crippen LogP contribution in [0.5, 0.6) is 5.75 Å². The molecule has 0 aliphatic carbocycles. The number of anilines is 1. The van der Waals surface area contributed by atoms with Gasteiger partial charge in [-0.25, -0.2) is 4.39 Å². The quantitative estimate of drug-likeness (QED) is 0.513. The Kier molecular flexibility index (Phi) is 5.30. The smallest absolute Gasteiger partial charge is 0.262 e. The van der Waals surface area contributed by atoms with Crippen molar-refractivity contribution in [3.8, 4) is 17.1 Å². The van der Waals surface area contributed by atoms with Gasteiger partial charge in [-0.1, -0.05) is 36.4 Å². The van der Waals surface area contributed by atoms with Gasteiger partial charge in [0.15, 0.2) is 12.4 Å². The molecule has 0 saturated carbocycles. The van der Waals surface area contributed by atoms with E-state index in [9.17, 15) is 14.0 Å². The molecule has 0 aliphatic rings. The topological polar surface area (TPSA) is 68.5 Å². The number of benzene rings is 3. The molecule has 0 bridgehead atoms. The van der Waals surface area contributed by atoms with Crippen molar-refractivity contribution in [2.45, 2.75) is 6.92 Å². The van der Waals surface area contributed by atoms with Gasteiger partial charge in [0.2, 0.25) is 11.2 Å². The predicted octanol–water partition coefficient (Wildman–Crippen LogP) is 4.93. The van der Waals surface area contributed by atoms with E-state index in [0.29, 0.717) is 22.2 Å². The van der Waals surface area contributed by atoms with Gasteiger partial charge < -0.3 is 14.5 Å². The van der Waals surface area contributed by atoms with E-state index in [0.717, 1.165) is 5.56 Å². The lowest BCUT2D eigenvalue weighted by Gasteiger charge is -2.12. The molecule has 0 spiro atoms. The highest BCUT2D eigenvalue weighted by Gasteiger charge is 2.19. The average molecular weight is 403 g/mol. The van der Waals surface area contributed by atoms with E-state index in [2.05, 4.69) is 5.32 Å². The first-order chi connectivity index (χ1) is 14.5. The lowest BCUT2D eigenvalue weighted by Crippen LogP contribution is -2.22. The zero-order chi connectivity index (χ0) is 21.1. The zero-order valence-corrected chi connectivity index (χ0v) is 16.1. The maximum atomic E-state index is 13.1. The molecular weight excluding hydrogens is 385 g/mol. The summed E-state index contributed by atoms with van der Waals surface area (Å²) >= 11 is 0. The number of hydrogen-bond donors (Lipinski definition) is 1. The molecule has 0 atom stereocenters. The number of rotatable bonds is 5. The minimum absolute atomic E-state index is 0.0354. The predicted molar refractivity (Wildman–Crippen MR) is 113 cm³/mol.